The van der Waals surface area contributed by atoms with E-state index in [4.69, 9.17) is 0 Å². The Balaban J connectivity index is 3.10. The van der Waals surface area contributed by atoms with Crippen molar-refractivity contribution >= 4 is 11.8 Å². The van der Waals surface area contributed by atoms with Crippen LogP contribution in [0, 0.1) is 5.82 Å². The normalized spacial score (nSPS) is 11.8. The van der Waals surface area contributed by atoms with E-state index < -0.39 is 17.6 Å². The molecule has 0 radical (unpaired) electrons. The van der Waals surface area contributed by atoms with Crippen LogP contribution in [0.25, 0.3) is 0 Å². The molecule has 0 fully saturated rings. The molecule has 13 heavy (non-hydrogen) atoms. The summed E-state index contributed by atoms with van der Waals surface area (Å²) in [7, 11) is 0. The number of halogens is 4. The molecule has 0 bridgehead atoms. The van der Waals surface area contributed by atoms with E-state index in [1.165, 1.54) is 0 Å². The maximum Gasteiger partial charge on any atom is 0.417 e. The largest absolute Gasteiger partial charge is 0.417 e. The van der Waals surface area contributed by atoms with Gasteiger partial charge < -0.3 is 0 Å². The average Bonchev–Trinajstić information content (AvgIpc) is 2.02. The van der Waals surface area contributed by atoms with Crippen molar-refractivity contribution in [3.05, 3.63) is 23.6 Å². The van der Waals surface area contributed by atoms with Crippen LogP contribution in [0.3, 0.4) is 0 Å². The highest BCUT2D eigenvalue weighted by Crippen LogP contribution is 2.30. The first-order valence-electron chi connectivity index (χ1n) is 3.22. The van der Waals surface area contributed by atoms with E-state index in [-0.39, 0.29) is 5.03 Å². The predicted octanol–water partition coefficient (Wildman–Crippen LogP) is 2.96. The van der Waals surface area contributed by atoms with Crippen LogP contribution in [0.4, 0.5) is 17.6 Å². The molecule has 0 saturated carbocycles. The van der Waals surface area contributed by atoms with Crippen LogP contribution in [0.15, 0.2) is 17.3 Å². The molecule has 1 aromatic heterocycles. The lowest BCUT2D eigenvalue weighted by Gasteiger charge is -2.06. The smallest absolute Gasteiger partial charge is 0.246 e. The fraction of sp³-hybridized carbons (Fsp3) is 0.286. The number of alkyl halides is 3. The van der Waals surface area contributed by atoms with Crippen LogP contribution in [0.1, 0.15) is 5.56 Å². The van der Waals surface area contributed by atoms with Gasteiger partial charge in [0.15, 0.2) is 5.82 Å². The molecule has 0 aliphatic carbocycles. The zero-order valence-corrected chi connectivity index (χ0v) is 7.34. The minimum absolute atomic E-state index is 0.0343. The fourth-order valence-corrected chi connectivity index (χ4v) is 1.14. The zero-order chi connectivity index (χ0) is 10.1. The highest BCUT2D eigenvalue weighted by atomic mass is 32.2. The molecular weight excluding hydrogens is 206 g/mol. The summed E-state index contributed by atoms with van der Waals surface area (Å²) in [6, 6.07) is 0.443. The Labute approximate surface area is 76.2 Å². The summed E-state index contributed by atoms with van der Waals surface area (Å²) in [5.74, 6) is -0.942. The number of thioether (sulfide) groups is 1. The molecule has 1 heterocycles. The van der Waals surface area contributed by atoms with Gasteiger partial charge in [0, 0.05) is 6.20 Å². The van der Waals surface area contributed by atoms with Crippen molar-refractivity contribution in [2.45, 2.75) is 11.2 Å². The molecule has 1 aromatic rings. The van der Waals surface area contributed by atoms with E-state index in [0.717, 1.165) is 11.8 Å². The summed E-state index contributed by atoms with van der Waals surface area (Å²) in [5, 5.41) is -0.0343. The molecule has 0 saturated heterocycles. The Kier molecular flexibility index (Phi) is 2.80. The van der Waals surface area contributed by atoms with E-state index in [9.17, 15) is 17.6 Å². The molecule has 1 nitrogen and oxygen atoms in total. The number of aromatic nitrogens is 1. The summed E-state index contributed by atoms with van der Waals surface area (Å²) in [6.07, 6.45) is -2.38. The van der Waals surface area contributed by atoms with Crippen molar-refractivity contribution in [3.63, 3.8) is 0 Å². The summed E-state index contributed by atoms with van der Waals surface area (Å²) in [4.78, 5) is 3.33. The molecule has 0 N–H and O–H groups in total. The second-order valence-corrected chi connectivity index (χ2v) is 3.01. The van der Waals surface area contributed by atoms with Crippen LogP contribution < -0.4 is 0 Å². The Hall–Kier alpha value is -0.780. The van der Waals surface area contributed by atoms with E-state index in [0.29, 0.717) is 12.3 Å². The molecule has 0 unspecified atom stereocenters. The Bertz CT molecular complexity index is 310. The third-order valence-electron chi connectivity index (χ3n) is 1.33. The third kappa shape index (κ3) is 2.33. The Morgan fingerprint density at radius 2 is 2.00 bits per heavy atom. The summed E-state index contributed by atoms with van der Waals surface area (Å²) < 4.78 is 48.8. The van der Waals surface area contributed by atoms with Crippen molar-refractivity contribution < 1.29 is 17.6 Å². The SMILES string of the molecule is CSc1ncc(C(F)(F)F)cc1F. The number of rotatable bonds is 1. The van der Waals surface area contributed by atoms with E-state index in [1.807, 2.05) is 0 Å². The highest BCUT2D eigenvalue weighted by Gasteiger charge is 2.31. The van der Waals surface area contributed by atoms with Crippen LogP contribution in [-0.2, 0) is 6.18 Å². The summed E-state index contributed by atoms with van der Waals surface area (Å²) in [5.41, 5.74) is -1.07. The lowest BCUT2D eigenvalue weighted by Crippen LogP contribution is -2.06. The first-order chi connectivity index (χ1) is 5.95. The molecule has 72 valence electrons. The second kappa shape index (κ2) is 3.53. The molecular formula is C7H5F4NS. The van der Waals surface area contributed by atoms with Crippen LogP contribution in [-0.4, -0.2) is 11.2 Å². The maximum absolute atomic E-state index is 12.8. The third-order valence-corrected chi connectivity index (χ3v) is 2.02. The molecule has 1 rings (SSSR count). The number of hydrogen-bond donors (Lipinski definition) is 0. The Morgan fingerprint density at radius 1 is 1.38 bits per heavy atom. The van der Waals surface area contributed by atoms with Crippen molar-refractivity contribution in [1.82, 2.24) is 4.98 Å². The second-order valence-electron chi connectivity index (χ2n) is 2.21. The molecule has 0 spiro atoms. The minimum Gasteiger partial charge on any atom is -0.246 e. The fourth-order valence-electron chi connectivity index (χ4n) is 0.731. The summed E-state index contributed by atoms with van der Waals surface area (Å²) >= 11 is 0.961. The van der Waals surface area contributed by atoms with Gasteiger partial charge in [0.25, 0.3) is 0 Å². The monoisotopic (exact) mass is 211 g/mol. The standard InChI is InChI=1S/C7H5F4NS/c1-13-6-5(8)2-4(3-12-6)7(9,10)11/h2-3H,1H3. The van der Waals surface area contributed by atoms with Gasteiger partial charge in [-0.2, -0.15) is 13.2 Å². The highest BCUT2D eigenvalue weighted by molar-refractivity contribution is 7.98. The average molecular weight is 211 g/mol. The Morgan fingerprint density at radius 3 is 2.38 bits per heavy atom. The zero-order valence-electron chi connectivity index (χ0n) is 6.52. The van der Waals surface area contributed by atoms with Gasteiger partial charge in [-0.1, -0.05) is 0 Å². The van der Waals surface area contributed by atoms with Gasteiger partial charge in [0.1, 0.15) is 5.03 Å². The van der Waals surface area contributed by atoms with Gasteiger partial charge >= 0.3 is 6.18 Å². The first-order valence-corrected chi connectivity index (χ1v) is 4.44. The number of nitrogens with zero attached hydrogens (tertiary/aromatic N) is 1. The van der Waals surface area contributed by atoms with Gasteiger partial charge in [0.2, 0.25) is 0 Å². The van der Waals surface area contributed by atoms with Gasteiger partial charge in [-0.15, -0.1) is 11.8 Å². The number of pyridine rings is 1. The van der Waals surface area contributed by atoms with Gasteiger partial charge in [-0.05, 0) is 12.3 Å². The first kappa shape index (κ1) is 10.3. The van der Waals surface area contributed by atoms with Gasteiger partial charge in [-0.25, -0.2) is 9.37 Å². The molecule has 0 aliphatic rings. The van der Waals surface area contributed by atoms with E-state index in [1.54, 1.807) is 6.26 Å². The van der Waals surface area contributed by atoms with E-state index >= 15 is 0 Å². The lowest BCUT2D eigenvalue weighted by molar-refractivity contribution is -0.138. The van der Waals surface area contributed by atoms with Crippen molar-refractivity contribution in [1.29, 1.82) is 0 Å². The van der Waals surface area contributed by atoms with Gasteiger partial charge in [-0.3, -0.25) is 0 Å². The molecule has 0 aliphatic heterocycles. The van der Waals surface area contributed by atoms with E-state index in [2.05, 4.69) is 4.98 Å². The van der Waals surface area contributed by atoms with Crippen molar-refractivity contribution in [2.75, 3.05) is 6.26 Å². The lowest BCUT2D eigenvalue weighted by atomic mass is 10.3. The van der Waals surface area contributed by atoms with Crippen LogP contribution >= 0.6 is 11.8 Å². The molecule has 6 heteroatoms. The number of hydrogen-bond acceptors (Lipinski definition) is 2. The molecule has 0 amide bonds. The molecule has 0 aromatic carbocycles. The van der Waals surface area contributed by atoms with Crippen LogP contribution in [0.2, 0.25) is 0 Å². The molecule has 0 atom stereocenters. The van der Waals surface area contributed by atoms with Crippen molar-refractivity contribution in [3.8, 4) is 0 Å². The minimum atomic E-state index is -4.54. The van der Waals surface area contributed by atoms with Gasteiger partial charge in [0.05, 0.1) is 5.56 Å². The summed E-state index contributed by atoms with van der Waals surface area (Å²) in [6.45, 7) is 0. The predicted molar refractivity (Wildman–Crippen MR) is 41.0 cm³/mol. The van der Waals surface area contributed by atoms with Crippen molar-refractivity contribution in [2.24, 2.45) is 0 Å². The maximum atomic E-state index is 12.8. The quantitative estimate of drug-likeness (QED) is 0.523. The topological polar surface area (TPSA) is 12.9 Å². The van der Waals surface area contributed by atoms with Crippen LogP contribution in [0.5, 0.6) is 0 Å².